The fourth-order valence-corrected chi connectivity index (χ4v) is 6.39. The molecule has 0 unspecified atom stereocenters. The third-order valence-corrected chi connectivity index (χ3v) is 8.72. The van der Waals surface area contributed by atoms with Crippen LogP contribution in [-0.2, 0) is 11.2 Å². The third kappa shape index (κ3) is 6.32. The minimum atomic E-state index is -0.921. The van der Waals surface area contributed by atoms with Gasteiger partial charge in [0, 0.05) is 54.7 Å². The molecule has 44 heavy (non-hydrogen) atoms. The van der Waals surface area contributed by atoms with Gasteiger partial charge in [-0.15, -0.1) is 0 Å². The van der Waals surface area contributed by atoms with Crippen LogP contribution in [0.1, 0.15) is 33.5 Å². The number of rotatable bonds is 8. The summed E-state index contributed by atoms with van der Waals surface area (Å²) in [6.07, 6.45) is 3.11. The minimum Gasteiger partial charge on any atom is -0.478 e. The zero-order chi connectivity index (χ0) is 30.6. The van der Waals surface area contributed by atoms with Gasteiger partial charge in [0.05, 0.1) is 5.56 Å². The quantitative estimate of drug-likeness (QED) is 0.205. The number of carboxylic acid groups (broad SMARTS) is 1. The van der Waals surface area contributed by atoms with Crippen molar-refractivity contribution < 1.29 is 14.7 Å². The molecule has 4 aromatic carbocycles. The Kier molecular flexibility index (Phi) is 8.64. The lowest BCUT2D eigenvalue weighted by atomic mass is 9.81. The van der Waals surface area contributed by atoms with Crippen LogP contribution in [-0.4, -0.2) is 54.6 Å². The molecule has 6 nitrogen and oxygen atoms in total. The Balaban J connectivity index is 1.25. The molecule has 1 aliphatic carbocycles. The van der Waals surface area contributed by atoms with Crippen molar-refractivity contribution in [3.8, 4) is 11.1 Å². The first-order valence-electron chi connectivity index (χ1n) is 14.8. The molecule has 0 saturated carbocycles. The number of amides is 1. The van der Waals surface area contributed by atoms with Crippen molar-refractivity contribution in [3.05, 3.63) is 137 Å². The summed E-state index contributed by atoms with van der Waals surface area (Å²) in [6, 6.07) is 29.6. The van der Waals surface area contributed by atoms with E-state index in [1.165, 1.54) is 28.3 Å². The average Bonchev–Trinajstić information content (AvgIpc) is 3.05. The highest BCUT2D eigenvalue weighted by atomic mass is 35.5. The van der Waals surface area contributed by atoms with Crippen molar-refractivity contribution in [3.63, 3.8) is 0 Å². The molecule has 4 aromatic rings. The van der Waals surface area contributed by atoms with E-state index < -0.39 is 5.97 Å². The van der Waals surface area contributed by atoms with E-state index in [0.29, 0.717) is 10.6 Å². The van der Waals surface area contributed by atoms with E-state index in [1.807, 2.05) is 54.6 Å². The molecule has 2 N–H and O–H groups in total. The fraction of sp³-hybridized carbons (Fsp3) is 0.189. The summed E-state index contributed by atoms with van der Waals surface area (Å²) < 4.78 is 0. The molecule has 0 bridgehead atoms. The number of nitrogens with zero attached hydrogens (tertiary/aromatic N) is 2. The molecule has 1 saturated heterocycles. The molecule has 1 aliphatic heterocycles. The molecule has 2 aliphatic rings. The molecule has 1 amide bonds. The number of hydrogen-bond acceptors (Lipinski definition) is 4. The van der Waals surface area contributed by atoms with E-state index in [9.17, 15) is 14.7 Å². The van der Waals surface area contributed by atoms with Gasteiger partial charge in [-0.25, -0.2) is 4.79 Å². The molecule has 0 radical (unpaired) electrons. The van der Waals surface area contributed by atoms with E-state index in [1.54, 1.807) is 12.1 Å². The van der Waals surface area contributed by atoms with Crippen LogP contribution in [0.5, 0.6) is 0 Å². The summed E-state index contributed by atoms with van der Waals surface area (Å²) in [5.41, 5.74) is 10.3. The van der Waals surface area contributed by atoms with E-state index in [0.717, 1.165) is 73.6 Å². The Hall–Kier alpha value is -4.65. The van der Waals surface area contributed by atoms with E-state index >= 15 is 0 Å². The number of anilines is 2. The van der Waals surface area contributed by atoms with Gasteiger partial charge in [0.15, 0.2) is 0 Å². The van der Waals surface area contributed by atoms with Crippen molar-refractivity contribution >= 4 is 40.4 Å². The SMILES string of the molecule is C=CC(=O)Nc1ccc2c(c1)CCC(CN1CCN(c3ccc(C(=O)O)cc3-c3ccccc3)CC1)=C2c1ccc(Cl)cc1. The largest absolute Gasteiger partial charge is 0.478 e. The second kappa shape index (κ2) is 12.9. The molecule has 0 atom stereocenters. The summed E-state index contributed by atoms with van der Waals surface area (Å²) in [6.45, 7) is 7.90. The molecule has 6 rings (SSSR count). The first-order valence-corrected chi connectivity index (χ1v) is 15.2. The first-order chi connectivity index (χ1) is 21.4. The van der Waals surface area contributed by atoms with Gasteiger partial charge < -0.3 is 15.3 Å². The Morgan fingerprint density at radius 3 is 2.30 bits per heavy atom. The standard InChI is InChI=1S/C37H34ClN3O3/c1-2-35(42)39-31-15-16-32-27(22-31)8-9-29(36(32)26-10-13-30(38)14-11-26)24-40-18-20-41(21-19-40)34-17-12-28(37(43)44)23-33(34)25-6-4-3-5-7-25/h2-7,10-17,22-23H,1,8-9,18-21,24H2,(H,39,42)(H,43,44). The van der Waals surface area contributed by atoms with Gasteiger partial charge in [0.2, 0.25) is 5.91 Å². The smallest absolute Gasteiger partial charge is 0.335 e. The Labute approximate surface area is 262 Å². The predicted molar refractivity (Wildman–Crippen MR) is 179 cm³/mol. The third-order valence-electron chi connectivity index (χ3n) is 8.47. The molecule has 1 fully saturated rings. The van der Waals surface area contributed by atoms with Crippen LogP contribution in [0, 0.1) is 0 Å². The summed E-state index contributed by atoms with van der Waals surface area (Å²) in [5, 5.41) is 13.2. The van der Waals surface area contributed by atoms with Crippen LogP contribution in [0.4, 0.5) is 11.4 Å². The van der Waals surface area contributed by atoms with Crippen molar-refractivity contribution in [2.45, 2.75) is 12.8 Å². The number of aryl methyl sites for hydroxylation is 1. The first kappa shape index (κ1) is 29.4. The number of aromatic carboxylic acids is 1. The number of fused-ring (bicyclic) bond motifs is 1. The molecular weight excluding hydrogens is 570 g/mol. The summed E-state index contributed by atoms with van der Waals surface area (Å²) >= 11 is 6.26. The summed E-state index contributed by atoms with van der Waals surface area (Å²) in [5.74, 6) is -1.14. The summed E-state index contributed by atoms with van der Waals surface area (Å²) in [4.78, 5) is 28.5. The van der Waals surface area contributed by atoms with Gasteiger partial charge in [-0.3, -0.25) is 9.69 Å². The number of nitrogens with one attached hydrogen (secondary N) is 1. The van der Waals surface area contributed by atoms with Crippen LogP contribution >= 0.6 is 11.6 Å². The van der Waals surface area contributed by atoms with E-state index in [-0.39, 0.29) is 5.91 Å². The number of carbonyl (C=O) groups excluding carboxylic acids is 1. The maximum absolute atomic E-state index is 11.9. The van der Waals surface area contributed by atoms with Gasteiger partial charge in [-0.05, 0) is 94.8 Å². The second-order valence-corrected chi connectivity index (χ2v) is 11.7. The molecule has 0 aromatic heterocycles. The maximum atomic E-state index is 11.9. The van der Waals surface area contributed by atoms with E-state index in [4.69, 9.17) is 11.6 Å². The zero-order valence-electron chi connectivity index (χ0n) is 24.4. The van der Waals surface area contributed by atoms with Crippen molar-refractivity contribution in [2.24, 2.45) is 0 Å². The van der Waals surface area contributed by atoms with Crippen LogP contribution in [0.25, 0.3) is 16.7 Å². The zero-order valence-corrected chi connectivity index (χ0v) is 25.2. The highest BCUT2D eigenvalue weighted by Gasteiger charge is 2.26. The van der Waals surface area contributed by atoms with Crippen LogP contribution in [0.3, 0.4) is 0 Å². The van der Waals surface area contributed by atoms with Crippen LogP contribution < -0.4 is 10.2 Å². The number of carbonyl (C=O) groups is 2. The molecule has 7 heteroatoms. The van der Waals surface area contributed by atoms with Crippen molar-refractivity contribution in [2.75, 3.05) is 42.9 Å². The lowest BCUT2D eigenvalue weighted by Gasteiger charge is -2.38. The highest BCUT2D eigenvalue weighted by molar-refractivity contribution is 6.30. The van der Waals surface area contributed by atoms with Gasteiger partial charge in [-0.1, -0.05) is 66.7 Å². The Morgan fingerprint density at radius 2 is 1.59 bits per heavy atom. The molecule has 1 heterocycles. The number of benzene rings is 4. The highest BCUT2D eigenvalue weighted by Crippen LogP contribution is 2.39. The van der Waals surface area contributed by atoms with Crippen molar-refractivity contribution in [1.29, 1.82) is 0 Å². The number of halogens is 1. The normalized spacial score (nSPS) is 15.1. The summed E-state index contributed by atoms with van der Waals surface area (Å²) in [7, 11) is 0. The lowest BCUT2D eigenvalue weighted by Crippen LogP contribution is -2.47. The van der Waals surface area contributed by atoms with E-state index in [2.05, 4.69) is 46.0 Å². The number of carboxylic acids is 1. The monoisotopic (exact) mass is 603 g/mol. The van der Waals surface area contributed by atoms with Gasteiger partial charge in [-0.2, -0.15) is 0 Å². The molecule has 222 valence electrons. The Bertz CT molecular complexity index is 1740. The topological polar surface area (TPSA) is 72.9 Å². The predicted octanol–water partition coefficient (Wildman–Crippen LogP) is 7.40. The van der Waals surface area contributed by atoms with Crippen LogP contribution in [0.15, 0.2) is 109 Å². The maximum Gasteiger partial charge on any atom is 0.335 e. The van der Waals surface area contributed by atoms with Crippen LogP contribution in [0.2, 0.25) is 5.02 Å². The Morgan fingerprint density at radius 1 is 0.841 bits per heavy atom. The van der Waals surface area contributed by atoms with Crippen molar-refractivity contribution in [1.82, 2.24) is 4.90 Å². The van der Waals surface area contributed by atoms with Gasteiger partial charge >= 0.3 is 5.97 Å². The average molecular weight is 604 g/mol. The second-order valence-electron chi connectivity index (χ2n) is 11.2. The minimum absolute atomic E-state index is 0.220. The lowest BCUT2D eigenvalue weighted by molar-refractivity contribution is -0.111. The number of piperazine rings is 1. The van der Waals surface area contributed by atoms with Gasteiger partial charge in [0.1, 0.15) is 0 Å². The molecular formula is C37H34ClN3O3. The van der Waals surface area contributed by atoms with Gasteiger partial charge in [0.25, 0.3) is 0 Å². The number of hydrogen-bond donors (Lipinski definition) is 2. The molecule has 0 spiro atoms. The fourth-order valence-electron chi connectivity index (χ4n) is 6.26.